The third kappa shape index (κ3) is 4.51. The summed E-state index contributed by atoms with van der Waals surface area (Å²) >= 11 is 2.99. The molecular formula is C20H23BrF2O4. The van der Waals surface area contributed by atoms with Gasteiger partial charge in [-0.2, -0.15) is 8.78 Å². The lowest BCUT2D eigenvalue weighted by atomic mass is 9.72. The summed E-state index contributed by atoms with van der Waals surface area (Å²) in [5.74, 6) is -6.96. The molecule has 0 fully saturated rings. The van der Waals surface area contributed by atoms with Crippen LogP contribution >= 0.6 is 15.9 Å². The van der Waals surface area contributed by atoms with E-state index in [0.717, 1.165) is 23.3 Å². The number of phenols is 2. The van der Waals surface area contributed by atoms with E-state index in [2.05, 4.69) is 33.3 Å². The summed E-state index contributed by atoms with van der Waals surface area (Å²) in [5.41, 5.74) is 1.36. The largest absolute Gasteiger partial charge is 0.508 e. The van der Waals surface area contributed by atoms with Crippen LogP contribution in [0, 0.1) is 5.92 Å². The molecule has 1 aromatic rings. The highest BCUT2D eigenvalue weighted by Gasteiger charge is 2.44. The van der Waals surface area contributed by atoms with E-state index in [1.807, 2.05) is 13.8 Å². The third-order valence-electron chi connectivity index (χ3n) is 4.82. The Balaban J connectivity index is 2.43. The number of benzene rings is 1. The number of rotatable bonds is 6. The number of alkyl halides is 3. The maximum atomic E-state index is 14.3. The molecule has 0 aliphatic heterocycles. The molecule has 2 N–H and O–H groups in total. The molecule has 1 aliphatic carbocycles. The van der Waals surface area contributed by atoms with Crippen LogP contribution in [0.5, 0.6) is 11.5 Å². The maximum Gasteiger partial charge on any atom is 0.382 e. The van der Waals surface area contributed by atoms with Crippen molar-refractivity contribution in [1.82, 2.24) is 0 Å². The zero-order valence-corrected chi connectivity index (χ0v) is 16.9. The number of aromatic hydroxyl groups is 2. The van der Waals surface area contributed by atoms with Gasteiger partial charge in [0, 0.05) is 22.4 Å². The molecule has 4 nitrogen and oxygen atoms in total. The lowest BCUT2D eigenvalue weighted by Gasteiger charge is -2.32. The summed E-state index contributed by atoms with van der Waals surface area (Å²) in [6, 6.07) is 1.65. The van der Waals surface area contributed by atoms with Crippen molar-refractivity contribution in [2.75, 3.05) is 11.9 Å². The van der Waals surface area contributed by atoms with E-state index in [0.29, 0.717) is 12.8 Å². The smallest absolute Gasteiger partial charge is 0.382 e. The molecule has 0 spiro atoms. The summed E-state index contributed by atoms with van der Waals surface area (Å²) in [6.07, 6.45) is 3.34. The molecule has 0 bridgehead atoms. The highest BCUT2D eigenvalue weighted by atomic mass is 79.9. The average Bonchev–Trinajstić information content (AvgIpc) is 2.58. The number of halogens is 3. The van der Waals surface area contributed by atoms with Crippen LogP contribution in [0.25, 0.3) is 0 Å². The van der Waals surface area contributed by atoms with Gasteiger partial charge in [-0.05, 0) is 44.7 Å². The topological polar surface area (TPSA) is 66.8 Å². The van der Waals surface area contributed by atoms with Gasteiger partial charge in [-0.1, -0.05) is 39.7 Å². The number of allylic oxidation sites excluding steroid dienone is 3. The highest BCUT2D eigenvalue weighted by Crippen LogP contribution is 2.48. The molecule has 0 amide bonds. The minimum Gasteiger partial charge on any atom is -0.508 e. The van der Waals surface area contributed by atoms with Gasteiger partial charge in [-0.25, -0.2) is 4.79 Å². The van der Waals surface area contributed by atoms with E-state index in [1.54, 1.807) is 0 Å². The Morgan fingerprint density at radius 2 is 1.96 bits per heavy atom. The van der Waals surface area contributed by atoms with Crippen LogP contribution in [0.2, 0.25) is 0 Å². The number of esters is 1. The van der Waals surface area contributed by atoms with Crippen LogP contribution in [-0.2, 0) is 15.5 Å². The number of phenolic OH excluding ortho intramolecular Hbond substituents is 2. The SMILES string of the molecule is C=C(C)[C@@H]1CC=C(C)C[C@H]1c1c(O)cc(C(F)(F)C(=O)OCCBr)cc1O. The number of hydrogen-bond donors (Lipinski definition) is 2. The lowest BCUT2D eigenvalue weighted by Crippen LogP contribution is -2.29. The second kappa shape index (κ2) is 8.42. The van der Waals surface area contributed by atoms with E-state index < -0.39 is 29.0 Å². The molecule has 0 saturated carbocycles. The van der Waals surface area contributed by atoms with Gasteiger partial charge in [-0.15, -0.1) is 0 Å². The predicted octanol–water partition coefficient (Wildman–Crippen LogP) is 5.14. The van der Waals surface area contributed by atoms with E-state index in [-0.39, 0.29) is 29.3 Å². The van der Waals surface area contributed by atoms with Gasteiger partial charge >= 0.3 is 11.9 Å². The van der Waals surface area contributed by atoms with Crippen molar-refractivity contribution < 1.29 is 28.5 Å². The van der Waals surface area contributed by atoms with Gasteiger partial charge in [0.1, 0.15) is 18.1 Å². The summed E-state index contributed by atoms with van der Waals surface area (Å²) in [5, 5.41) is 21.1. The van der Waals surface area contributed by atoms with Crippen molar-refractivity contribution in [2.45, 2.75) is 38.5 Å². The Morgan fingerprint density at radius 3 is 2.48 bits per heavy atom. The molecule has 27 heavy (non-hydrogen) atoms. The minimum atomic E-state index is -3.98. The van der Waals surface area contributed by atoms with E-state index in [4.69, 9.17) is 0 Å². The maximum absolute atomic E-state index is 14.3. The Kier molecular flexibility index (Phi) is 6.68. The van der Waals surface area contributed by atoms with Gasteiger partial charge in [0.2, 0.25) is 0 Å². The predicted molar refractivity (Wildman–Crippen MR) is 102 cm³/mol. The third-order valence-corrected chi connectivity index (χ3v) is 5.14. The zero-order chi connectivity index (χ0) is 20.4. The summed E-state index contributed by atoms with van der Waals surface area (Å²) in [6.45, 7) is 7.57. The van der Waals surface area contributed by atoms with Gasteiger partial charge < -0.3 is 14.9 Å². The molecule has 0 radical (unpaired) electrons. The van der Waals surface area contributed by atoms with E-state index in [1.165, 1.54) is 0 Å². The molecule has 1 aromatic carbocycles. The first kappa shape index (κ1) is 21.4. The monoisotopic (exact) mass is 444 g/mol. The molecule has 0 aromatic heterocycles. The van der Waals surface area contributed by atoms with E-state index >= 15 is 0 Å². The Labute approximate surface area is 165 Å². The zero-order valence-electron chi connectivity index (χ0n) is 15.3. The normalized spacial score (nSPS) is 20.1. The quantitative estimate of drug-likeness (QED) is 0.362. The average molecular weight is 445 g/mol. The lowest BCUT2D eigenvalue weighted by molar-refractivity contribution is -0.172. The molecule has 0 saturated heterocycles. The van der Waals surface area contributed by atoms with Crippen LogP contribution in [0.4, 0.5) is 8.78 Å². The minimum absolute atomic E-state index is 0.0271. The Hall–Kier alpha value is -1.89. The van der Waals surface area contributed by atoms with Crippen molar-refractivity contribution in [3.8, 4) is 11.5 Å². The fourth-order valence-electron chi connectivity index (χ4n) is 3.44. The highest BCUT2D eigenvalue weighted by molar-refractivity contribution is 9.09. The van der Waals surface area contributed by atoms with Crippen molar-refractivity contribution >= 4 is 21.9 Å². The number of hydrogen-bond acceptors (Lipinski definition) is 4. The molecule has 2 atom stereocenters. The van der Waals surface area contributed by atoms with Crippen molar-refractivity contribution in [2.24, 2.45) is 5.92 Å². The standard InChI is InChI=1S/C20H23BrF2O4/c1-11(2)14-5-4-12(3)8-15(14)18-16(24)9-13(10-17(18)25)20(22,23)19(26)27-7-6-21/h4,9-10,14-15,24-25H,1,5-8H2,2-3H3/t14-,15+/m0/s1. The summed E-state index contributed by atoms with van der Waals surface area (Å²) in [7, 11) is 0. The molecule has 2 rings (SSSR count). The molecular weight excluding hydrogens is 422 g/mol. The van der Waals surface area contributed by atoms with Crippen LogP contribution in [-0.4, -0.2) is 28.1 Å². The number of ether oxygens (including phenoxy) is 1. The molecule has 0 unspecified atom stereocenters. The molecule has 0 heterocycles. The van der Waals surface area contributed by atoms with Gasteiger partial charge in [-0.3, -0.25) is 0 Å². The molecule has 148 valence electrons. The first-order valence-electron chi connectivity index (χ1n) is 8.58. The fourth-order valence-corrected chi connectivity index (χ4v) is 3.60. The van der Waals surface area contributed by atoms with Gasteiger partial charge in [0.05, 0.1) is 0 Å². The first-order chi connectivity index (χ1) is 12.6. The van der Waals surface area contributed by atoms with Crippen molar-refractivity contribution in [3.05, 3.63) is 47.1 Å². The van der Waals surface area contributed by atoms with Crippen LogP contribution in [0.1, 0.15) is 43.7 Å². The second-order valence-electron chi connectivity index (χ2n) is 6.88. The van der Waals surface area contributed by atoms with Crippen LogP contribution < -0.4 is 0 Å². The van der Waals surface area contributed by atoms with Gasteiger partial charge in [0.15, 0.2) is 0 Å². The number of carbonyl (C=O) groups excluding carboxylic acids is 1. The van der Waals surface area contributed by atoms with Crippen LogP contribution in [0.15, 0.2) is 35.9 Å². The summed E-state index contributed by atoms with van der Waals surface area (Å²) in [4.78, 5) is 11.6. The Morgan fingerprint density at radius 1 is 1.37 bits per heavy atom. The first-order valence-corrected chi connectivity index (χ1v) is 9.70. The van der Waals surface area contributed by atoms with Crippen molar-refractivity contribution in [3.63, 3.8) is 0 Å². The van der Waals surface area contributed by atoms with Crippen molar-refractivity contribution in [1.29, 1.82) is 0 Å². The molecule has 1 aliphatic rings. The van der Waals surface area contributed by atoms with E-state index in [9.17, 15) is 23.8 Å². The van der Waals surface area contributed by atoms with Gasteiger partial charge in [0.25, 0.3) is 0 Å². The summed E-state index contributed by atoms with van der Waals surface area (Å²) < 4.78 is 33.2. The molecule has 7 heteroatoms. The van der Waals surface area contributed by atoms with Crippen LogP contribution in [0.3, 0.4) is 0 Å². The fraction of sp³-hybridized carbons (Fsp3) is 0.450. The second-order valence-corrected chi connectivity index (χ2v) is 7.67. The number of carbonyl (C=O) groups is 1. The Bertz CT molecular complexity index is 750.